The first kappa shape index (κ1) is 13.0. The number of amides is 1. The normalized spacial score (nSPS) is 10.2. The highest BCUT2D eigenvalue weighted by Gasteiger charge is 2.15. The van der Waals surface area contributed by atoms with Gasteiger partial charge in [-0.3, -0.25) is 9.59 Å². The standard InChI is InChI=1S/C14H15N3O2/c1-9-4-5-11(17-13(18)8-15)10(7-9)14(19)12-3-2-6-16-12/h2-7,16H,8,15H2,1H3,(H,17,18). The zero-order valence-electron chi connectivity index (χ0n) is 10.6. The Kier molecular flexibility index (Phi) is 3.77. The summed E-state index contributed by atoms with van der Waals surface area (Å²) in [5, 5.41) is 2.63. The SMILES string of the molecule is Cc1ccc(NC(=O)CN)c(C(=O)c2ccc[nH]2)c1. The summed E-state index contributed by atoms with van der Waals surface area (Å²) in [6, 6.07) is 8.73. The van der Waals surface area contributed by atoms with Crippen LogP contribution in [0.2, 0.25) is 0 Å². The lowest BCUT2D eigenvalue weighted by Gasteiger charge is -2.10. The summed E-state index contributed by atoms with van der Waals surface area (Å²) in [7, 11) is 0. The molecule has 0 aliphatic heterocycles. The lowest BCUT2D eigenvalue weighted by Crippen LogP contribution is -2.23. The number of hydrogen-bond acceptors (Lipinski definition) is 3. The van der Waals surface area contributed by atoms with Crippen molar-refractivity contribution in [1.82, 2.24) is 4.98 Å². The second kappa shape index (κ2) is 5.49. The molecule has 0 bridgehead atoms. The molecule has 1 amide bonds. The van der Waals surface area contributed by atoms with E-state index in [2.05, 4.69) is 10.3 Å². The third-order valence-electron chi connectivity index (χ3n) is 2.72. The van der Waals surface area contributed by atoms with Gasteiger partial charge in [0.05, 0.1) is 17.9 Å². The number of aromatic nitrogens is 1. The molecule has 98 valence electrons. The van der Waals surface area contributed by atoms with Gasteiger partial charge in [-0.25, -0.2) is 0 Å². The molecule has 19 heavy (non-hydrogen) atoms. The van der Waals surface area contributed by atoms with E-state index in [1.54, 1.807) is 30.5 Å². The van der Waals surface area contributed by atoms with Gasteiger partial charge in [0.15, 0.2) is 0 Å². The van der Waals surface area contributed by atoms with Gasteiger partial charge in [-0.2, -0.15) is 0 Å². The molecule has 5 nitrogen and oxygen atoms in total. The highest BCUT2D eigenvalue weighted by Crippen LogP contribution is 2.20. The predicted octanol–water partition coefficient (Wildman–Crippen LogP) is 1.45. The topological polar surface area (TPSA) is 88.0 Å². The van der Waals surface area contributed by atoms with E-state index in [0.717, 1.165) is 5.56 Å². The molecule has 0 aliphatic rings. The molecule has 1 heterocycles. The van der Waals surface area contributed by atoms with Gasteiger partial charge in [-0.05, 0) is 31.2 Å². The first-order valence-corrected chi connectivity index (χ1v) is 5.90. The summed E-state index contributed by atoms with van der Waals surface area (Å²) in [6.45, 7) is 1.77. The van der Waals surface area contributed by atoms with Crippen molar-refractivity contribution in [1.29, 1.82) is 0 Å². The number of ketones is 1. The third-order valence-corrected chi connectivity index (χ3v) is 2.72. The highest BCUT2D eigenvalue weighted by molar-refractivity contribution is 6.13. The molecule has 5 heteroatoms. The Morgan fingerprint density at radius 1 is 1.32 bits per heavy atom. The van der Waals surface area contributed by atoms with Crippen molar-refractivity contribution in [3.05, 3.63) is 53.3 Å². The minimum Gasteiger partial charge on any atom is -0.359 e. The second-order valence-electron chi connectivity index (χ2n) is 4.21. The van der Waals surface area contributed by atoms with Crippen LogP contribution in [0.1, 0.15) is 21.6 Å². The number of carbonyl (C=O) groups excluding carboxylic acids is 2. The molecule has 0 spiro atoms. The van der Waals surface area contributed by atoms with Crippen LogP contribution < -0.4 is 11.1 Å². The summed E-state index contributed by atoms with van der Waals surface area (Å²) in [6.07, 6.45) is 1.68. The number of H-pyrrole nitrogens is 1. The smallest absolute Gasteiger partial charge is 0.238 e. The minimum absolute atomic E-state index is 0.121. The molecule has 0 unspecified atom stereocenters. The Morgan fingerprint density at radius 3 is 2.74 bits per heavy atom. The second-order valence-corrected chi connectivity index (χ2v) is 4.21. The lowest BCUT2D eigenvalue weighted by atomic mass is 10.0. The van der Waals surface area contributed by atoms with Gasteiger partial charge in [-0.1, -0.05) is 11.6 Å². The molecule has 1 aromatic heterocycles. The number of aromatic amines is 1. The van der Waals surface area contributed by atoms with E-state index in [0.29, 0.717) is 16.9 Å². The van der Waals surface area contributed by atoms with E-state index in [4.69, 9.17) is 5.73 Å². The molecule has 0 saturated carbocycles. The Bertz CT molecular complexity index is 603. The van der Waals surface area contributed by atoms with E-state index >= 15 is 0 Å². The van der Waals surface area contributed by atoms with Crippen molar-refractivity contribution in [2.75, 3.05) is 11.9 Å². The van der Waals surface area contributed by atoms with Gasteiger partial charge < -0.3 is 16.0 Å². The number of benzene rings is 1. The van der Waals surface area contributed by atoms with Crippen molar-refractivity contribution >= 4 is 17.4 Å². The van der Waals surface area contributed by atoms with Crippen LogP contribution in [-0.2, 0) is 4.79 Å². The van der Waals surface area contributed by atoms with Gasteiger partial charge in [-0.15, -0.1) is 0 Å². The number of hydrogen-bond donors (Lipinski definition) is 3. The fraction of sp³-hybridized carbons (Fsp3) is 0.143. The van der Waals surface area contributed by atoms with Gasteiger partial charge in [0, 0.05) is 11.8 Å². The van der Waals surface area contributed by atoms with Crippen LogP contribution in [0.15, 0.2) is 36.5 Å². The van der Waals surface area contributed by atoms with Crippen LogP contribution in [0, 0.1) is 6.92 Å². The Balaban J connectivity index is 2.40. The molecular formula is C14H15N3O2. The van der Waals surface area contributed by atoms with Crippen molar-refractivity contribution in [3.63, 3.8) is 0 Å². The highest BCUT2D eigenvalue weighted by atomic mass is 16.2. The van der Waals surface area contributed by atoms with Gasteiger partial charge in [0.25, 0.3) is 0 Å². The van der Waals surface area contributed by atoms with Crippen LogP contribution in [0.25, 0.3) is 0 Å². The predicted molar refractivity (Wildman–Crippen MR) is 73.1 cm³/mol. The Hall–Kier alpha value is -2.40. The van der Waals surface area contributed by atoms with Gasteiger partial charge >= 0.3 is 0 Å². The third kappa shape index (κ3) is 2.89. The van der Waals surface area contributed by atoms with Crippen molar-refractivity contribution in [3.8, 4) is 0 Å². The summed E-state index contributed by atoms with van der Waals surface area (Å²) in [5.74, 6) is -0.495. The van der Waals surface area contributed by atoms with E-state index < -0.39 is 0 Å². The molecule has 1 aromatic carbocycles. The zero-order chi connectivity index (χ0) is 13.8. The first-order valence-electron chi connectivity index (χ1n) is 5.90. The quantitative estimate of drug-likeness (QED) is 0.724. The fourth-order valence-electron chi connectivity index (χ4n) is 1.77. The maximum atomic E-state index is 12.3. The largest absolute Gasteiger partial charge is 0.359 e. The number of rotatable bonds is 4. The molecule has 0 aliphatic carbocycles. The molecule has 0 radical (unpaired) electrons. The number of anilines is 1. The van der Waals surface area contributed by atoms with Crippen LogP contribution in [0.5, 0.6) is 0 Å². The van der Waals surface area contributed by atoms with Gasteiger partial charge in [0.2, 0.25) is 11.7 Å². The summed E-state index contributed by atoms with van der Waals surface area (Å²) < 4.78 is 0. The average Bonchev–Trinajstić information content (AvgIpc) is 2.93. The summed E-state index contributed by atoms with van der Waals surface area (Å²) in [4.78, 5) is 26.6. The number of nitrogens with one attached hydrogen (secondary N) is 2. The first-order chi connectivity index (χ1) is 9.11. The zero-order valence-corrected chi connectivity index (χ0v) is 10.6. The van der Waals surface area contributed by atoms with Crippen LogP contribution in [0.4, 0.5) is 5.69 Å². The molecule has 0 atom stereocenters. The number of nitrogens with two attached hydrogens (primary N) is 1. The maximum Gasteiger partial charge on any atom is 0.238 e. The fourth-order valence-corrected chi connectivity index (χ4v) is 1.77. The van der Waals surface area contributed by atoms with Crippen molar-refractivity contribution in [2.24, 2.45) is 5.73 Å². The van der Waals surface area contributed by atoms with Crippen LogP contribution >= 0.6 is 0 Å². The Labute approximate surface area is 110 Å². The molecule has 2 aromatic rings. The van der Waals surface area contributed by atoms with Gasteiger partial charge in [0.1, 0.15) is 0 Å². The summed E-state index contributed by atoms with van der Waals surface area (Å²) >= 11 is 0. The van der Waals surface area contributed by atoms with Crippen LogP contribution in [0.3, 0.4) is 0 Å². The van der Waals surface area contributed by atoms with E-state index in [-0.39, 0.29) is 18.2 Å². The van der Waals surface area contributed by atoms with Crippen molar-refractivity contribution < 1.29 is 9.59 Å². The van der Waals surface area contributed by atoms with Crippen molar-refractivity contribution in [2.45, 2.75) is 6.92 Å². The molecular weight excluding hydrogens is 242 g/mol. The van der Waals surface area contributed by atoms with E-state index in [1.165, 1.54) is 0 Å². The molecule has 0 saturated heterocycles. The average molecular weight is 257 g/mol. The molecule has 2 rings (SSSR count). The van der Waals surface area contributed by atoms with E-state index in [9.17, 15) is 9.59 Å². The maximum absolute atomic E-state index is 12.3. The Morgan fingerprint density at radius 2 is 2.11 bits per heavy atom. The van der Waals surface area contributed by atoms with Crippen LogP contribution in [-0.4, -0.2) is 23.2 Å². The number of aryl methyl sites for hydroxylation is 1. The minimum atomic E-state index is -0.329. The molecule has 0 fully saturated rings. The number of carbonyl (C=O) groups is 2. The lowest BCUT2D eigenvalue weighted by molar-refractivity contribution is -0.114. The summed E-state index contributed by atoms with van der Waals surface area (Å²) in [5.41, 5.74) is 7.61. The van der Waals surface area contributed by atoms with E-state index in [1.807, 2.05) is 13.0 Å². The monoisotopic (exact) mass is 257 g/mol. The molecule has 4 N–H and O–H groups in total.